The van der Waals surface area contributed by atoms with Gasteiger partial charge in [-0.25, -0.2) is 4.98 Å². The first-order chi connectivity index (χ1) is 17.1. The van der Waals surface area contributed by atoms with Gasteiger partial charge in [-0.2, -0.15) is 5.10 Å². The van der Waals surface area contributed by atoms with Crippen LogP contribution in [0.2, 0.25) is 0 Å². The van der Waals surface area contributed by atoms with E-state index < -0.39 is 0 Å². The van der Waals surface area contributed by atoms with Crippen LogP contribution in [-0.4, -0.2) is 57.4 Å². The zero-order valence-corrected chi connectivity index (χ0v) is 22.0. The Kier molecular flexibility index (Phi) is 5.10. The van der Waals surface area contributed by atoms with E-state index in [9.17, 15) is 4.79 Å². The molecule has 7 nitrogen and oxygen atoms in total. The van der Waals surface area contributed by atoms with Crippen molar-refractivity contribution in [3.05, 3.63) is 53.4 Å². The molecule has 3 aliphatic rings. The number of aromatic nitrogens is 3. The van der Waals surface area contributed by atoms with Crippen LogP contribution in [0.15, 0.2) is 31.0 Å². The third-order valence-electron chi connectivity index (χ3n) is 8.44. The van der Waals surface area contributed by atoms with Gasteiger partial charge < -0.3 is 14.5 Å². The number of anilines is 1. The second-order valence-corrected chi connectivity index (χ2v) is 11.6. The second-order valence-electron chi connectivity index (χ2n) is 11.6. The minimum absolute atomic E-state index is 0.0337. The SMILES string of the molecule is C=CC(=O)N1CC2(CCN(c3nc4c(c(-c5c(C)ccc6cnn(C)c56)c3C)COC(C)(C)C4)C2)C1. The number of pyridine rings is 1. The van der Waals surface area contributed by atoms with Crippen molar-refractivity contribution < 1.29 is 9.53 Å². The summed E-state index contributed by atoms with van der Waals surface area (Å²) in [5, 5.41) is 5.72. The van der Waals surface area contributed by atoms with Crippen LogP contribution in [0.3, 0.4) is 0 Å². The quantitative estimate of drug-likeness (QED) is 0.517. The van der Waals surface area contributed by atoms with Crippen molar-refractivity contribution in [1.82, 2.24) is 19.7 Å². The lowest BCUT2D eigenvalue weighted by atomic mass is 9.79. The summed E-state index contributed by atoms with van der Waals surface area (Å²) in [4.78, 5) is 21.7. The van der Waals surface area contributed by atoms with Crippen molar-refractivity contribution >= 4 is 22.6 Å². The van der Waals surface area contributed by atoms with Crippen molar-refractivity contribution in [3.8, 4) is 11.1 Å². The number of ether oxygens (including phenoxy) is 1. The Morgan fingerprint density at radius 1 is 1.17 bits per heavy atom. The molecule has 0 aliphatic carbocycles. The van der Waals surface area contributed by atoms with Gasteiger partial charge >= 0.3 is 0 Å². The third-order valence-corrected chi connectivity index (χ3v) is 8.44. The van der Waals surface area contributed by atoms with Gasteiger partial charge in [0, 0.05) is 61.6 Å². The minimum Gasteiger partial charge on any atom is -0.370 e. The predicted octanol–water partition coefficient (Wildman–Crippen LogP) is 4.33. The van der Waals surface area contributed by atoms with Gasteiger partial charge in [-0.1, -0.05) is 18.7 Å². The largest absolute Gasteiger partial charge is 0.370 e. The number of benzene rings is 1. The normalized spacial score (nSPS) is 20.0. The lowest BCUT2D eigenvalue weighted by molar-refractivity contribution is -0.136. The average Bonchev–Trinajstić information content (AvgIpc) is 3.42. The first-order valence-corrected chi connectivity index (χ1v) is 12.9. The first-order valence-electron chi connectivity index (χ1n) is 12.9. The highest BCUT2D eigenvalue weighted by molar-refractivity contribution is 5.98. The molecule has 1 aromatic carbocycles. The molecule has 1 amide bonds. The number of nitrogens with zero attached hydrogens (tertiary/aromatic N) is 5. The van der Waals surface area contributed by atoms with E-state index in [-0.39, 0.29) is 16.9 Å². The lowest BCUT2D eigenvalue weighted by Gasteiger charge is -2.47. The molecule has 3 aromatic rings. The summed E-state index contributed by atoms with van der Waals surface area (Å²) in [6, 6.07) is 4.35. The van der Waals surface area contributed by atoms with Crippen molar-refractivity contribution in [3.63, 3.8) is 0 Å². The van der Waals surface area contributed by atoms with Gasteiger partial charge in [0.05, 0.1) is 29.6 Å². The number of carbonyl (C=O) groups is 1. The molecule has 1 spiro atoms. The maximum absolute atomic E-state index is 12.1. The maximum Gasteiger partial charge on any atom is 0.245 e. The van der Waals surface area contributed by atoms with Crippen LogP contribution in [-0.2, 0) is 29.6 Å². The molecule has 7 heteroatoms. The van der Waals surface area contributed by atoms with E-state index in [2.05, 4.69) is 56.4 Å². The number of fused-ring (bicyclic) bond motifs is 2. The van der Waals surface area contributed by atoms with E-state index in [0.29, 0.717) is 6.61 Å². The number of hydrogen-bond donors (Lipinski definition) is 0. The molecular weight excluding hydrogens is 450 g/mol. The highest BCUT2D eigenvalue weighted by Crippen LogP contribution is 2.46. The lowest BCUT2D eigenvalue weighted by Crippen LogP contribution is -2.59. The fourth-order valence-electron chi connectivity index (χ4n) is 6.54. The molecule has 6 rings (SSSR count). The molecule has 2 aromatic heterocycles. The maximum atomic E-state index is 12.1. The summed E-state index contributed by atoms with van der Waals surface area (Å²) < 4.78 is 8.31. The first kappa shape index (κ1) is 23.2. The van der Waals surface area contributed by atoms with Crippen LogP contribution in [0.5, 0.6) is 0 Å². The van der Waals surface area contributed by atoms with Crippen LogP contribution in [0.4, 0.5) is 5.82 Å². The number of likely N-dealkylation sites (tertiary alicyclic amines) is 1. The Bertz CT molecular complexity index is 1410. The van der Waals surface area contributed by atoms with Gasteiger partial charge in [-0.15, -0.1) is 0 Å². The molecule has 36 heavy (non-hydrogen) atoms. The number of hydrogen-bond acceptors (Lipinski definition) is 5. The van der Waals surface area contributed by atoms with Crippen LogP contribution in [0.25, 0.3) is 22.0 Å². The van der Waals surface area contributed by atoms with Gasteiger partial charge in [0.1, 0.15) is 5.82 Å². The van der Waals surface area contributed by atoms with E-state index in [1.54, 1.807) is 0 Å². The molecule has 0 unspecified atom stereocenters. The third kappa shape index (κ3) is 3.47. The van der Waals surface area contributed by atoms with Gasteiger partial charge in [0.15, 0.2) is 0 Å². The average molecular weight is 486 g/mol. The number of aryl methyl sites for hydroxylation is 2. The summed E-state index contributed by atoms with van der Waals surface area (Å²) in [5.74, 6) is 1.11. The van der Waals surface area contributed by atoms with E-state index in [4.69, 9.17) is 9.72 Å². The molecule has 188 valence electrons. The number of carbonyl (C=O) groups excluding carboxylic acids is 1. The minimum atomic E-state index is -0.247. The van der Waals surface area contributed by atoms with Crippen LogP contribution < -0.4 is 4.90 Å². The van der Waals surface area contributed by atoms with Gasteiger partial charge in [0.25, 0.3) is 0 Å². The Labute approximate surface area is 212 Å². The standard InChI is InChI=1S/C29H35N5O2/c1-7-23(35)34-16-29(17-34)10-11-33(15-29)27-19(3)25(21-14-36-28(4,5)12-22(21)31-27)24-18(2)8-9-20-13-30-32(6)26(20)24/h7-9,13H,1,10-12,14-17H2,2-6H3. The van der Waals surface area contributed by atoms with Crippen molar-refractivity contribution in [2.24, 2.45) is 12.5 Å². The van der Waals surface area contributed by atoms with E-state index in [0.717, 1.165) is 61.4 Å². The zero-order valence-electron chi connectivity index (χ0n) is 22.0. The van der Waals surface area contributed by atoms with E-state index >= 15 is 0 Å². The molecule has 0 saturated carbocycles. The smallest absolute Gasteiger partial charge is 0.245 e. The van der Waals surface area contributed by atoms with Crippen molar-refractivity contribution in [1.29, 1.82) is 0 Å². The molecule has 5 heterocycles. The monoisotopic (exact) mass is 485 g/mol. The van der Waals surface area contributed by atoms with E-state index in [1.165, 1.54) is 33.9 Å². The Balaban J connectivity index is 1.48. The fraction of sp³-hybridized carbons (Fsp3) is 0.483. The van der Waals surface area contributed by atoms with Gasteiger partial charge in [-0.05, 0) is 56.9 Å². The Morgan fingerprint density at radius 2 is 1.94 bits per heavy atom. The number of rotatable bonds is 3. The van der Waals surface area contributed by atoms with Crippen LogP contribution in [0.1, 0.15) is 42.7 Å². The summed E-state index contributed by atoms with van der Waals surface area (Å²) in [5.41, 5.74) is 8.30. The summed E-state index contributed by atoms with van der Waals surface area (Å²) >= 11 is 0. The Hall–Kier alpha value is -3.19. The van der Waals surface area contributed by atoms with E-state index in [1.807, 2.05) is 22.8 Å². The molecule has 0 N–H and O–H groups in total. The second kappa shape index (κ2) is 7.90. The zero-order chi connectivity index (χ0) is 25.4. The predicted molar refractivity (Wildman–Crippen MR) is 142 cm³/mol. The van der Waals surface area contributed by atoms with Gasteiger partial charge in [0.2, 0.25) is 5.91 Å². The fourth-order valence-corrected chi connectivity index (χ4v) is 6.54. The van der Waals surface area contributed by atoms with Gasteiger partial charge in [-0.3, -0.25) is 9.48 Å². The molecule has 0 bridgehead atoms. The molecule has 0 radical (unpaired) electrons. The highest BCUT2D eigenvalue weighted by Gasteiger charge is 2.49. The number of amides is 1. The van der Waals surface area contributed by atoms with Crippen LogP contribution in [0, 0.1) is 19.3 Å². The molecule has 0 atom stereocenters. The topological polar surface area (TPSA) is 63.5 Å². The van der Waals surface area contributed by atoms with Crippen LogP contribution >= 0.6 is 0 Å². The Morgan fingerprint density at radius 3 is 2.69 bits per heavy atom. The molecule has 2 fully saturated rings. The summed E-state index contributed by atoms with van der Waals surface area (Å²) in [6.45, 7) is 16.4. The van der Waals surface area contributed by atoms with Crippen molar-refractivity contribution in [2.45, 2.75) is 52.7 Å². The molecule has 2 saturated heterocycles. The molecular formula is C29H35N5O2. The summed E-state index contributed by atoms with van der Waals surface area (Å²) in [6.07, 6.45) is 5.22. The summed E-state index contributed by atoms with van der Waals surface area (Å²) in [7, 11) is 2.02. The van der Waals surface area contributed by atoms with Crippen molar-refractivity contribution in [2.75, 3.05) is 31.1 Å². The highest BCUT2D eigenvalue weighted by atomic mass is 16.5. The molecule has 3 aliphatic heterocycles.